The molecular weight excluding hydrogens is 168 g/mol. The number of urea groups is 1. The van der Waals surface area contributed by atoms with Crippen LogP contribution in [-0.4, -0.2) is 30.3 Å². The van der Waals surface area contributed by atoms with E-state index in [1.165, 1.54) is 0 Å². The van der Waals surface area contributed by atoms with Crippen LogP contribution in [0.5, 0.6) is 0 Å². The molecule has 1 unspecified atom stereocenters. The van der Waals surface area contributed by atoms with E-state index >= 15 is 0 Å². The zero-order valence-corrected chi connectivity index (χ0v) is 8.63. The Morgan fingerprint density at radius 2 is 2.08 bits per heavy atom. The van der Waals surface area contributed by atoms with Crippen molar-refractivity contribution in [3.63, 3.8) is 0 Å². The fourth-order valence-electron chi connectivity index (χ4n) is 1.15. The Morgan fingerprint density at radius 3 is 2.46 bits per heavy atom. The quantitative estimate of drug-likeness (QED) is 0.595. The van der Waals surface area contributed by atoms with Crippen LogP contribution in [-0.2, 0) is 0 Å². The number of nitrogens with one attached hydrogen (secondary N) is 2. The van der Waals surface area contributed by atoms with Gasteiger partial charge in [-0.1, -0.05) is 13.8 Å². The van der Waals surface area contributed by atoms with Gasteiger partial charge < -0.3 is 15.7 Å². The summed E-state index contributed by atoms with van der Waals surface area (Å²) in [4.78, 5) is 11.1. The Kier molecular flexibility index (Phi) is 6.32. The van der Waals surface area contributed by atoms with Crippen LogP contribution in [0.15, 0.2) is 0 Å². The highest BCUT2D eigenvalue weighted by Gasteiger charge is 2.11. The molecule has 0 aromatic rings. The molecule has 0 bridgehead atoms. The number of carbonyl (C=O) groups is 1. The second kappa shape index (κ2) is 6.71. The second-order valence-corrected chi connectivity index (χ2v) is 3.51. The van der Waals surface area contributed by atoms with Crippen molar-refractivity contribution in [3.8, 4) is 0 Å². The predicted molar refractivity (Wildman–Crippen MR) is 52.5 cm³/mol. The topological polar surface area (TPSA) is 61.4 Å². The average Bonchev–Trinajstić information content (AvgIpc) is 2.02. The van der Waals surface area contributed by atoms with E-state index in [9.17, 15) is 4.79 Å². The van der Waals surface area contributed by atoms with Crippen LogP contribution in [0.3, 0.4) is 0 Å². The highest BCUT2D eigenvalue weighted by molar-refractivity contribution is 5.74. The summed E-state index contributed by atoms with van der Waals surface area (Å²) in [6.45, 7) is 6.57. The lowest BCUT2D eigenvalue weighted by Crippen LogP contribution is -2.44. The molecule has 0 aromatic carbocycles. The third-order valence-corrected chi connectivity index (χ3v) is 1.65. The van der Waals surface area contributed by atoms with Gasteiger partial charge >= 0.3 is 6.03 Å². The highest BCUT2D eigenvalue weighted by atomic mass is 16.3. The number of carbonyl (C=O) groups excluding carboxylic acids is 1. The lowest BCUT2D eigenvalue weighted by Gasteiger charge is -2.18. The monoisotopic (exact) mass is 188 g/mol. The molecule has 13 heavy (non-hydrogen) atoms. The van der Waals surface area contributed by atoms with Gasteiger partial charge in [0.1, 0.15) is 0 Å². The van der Waals surface area contributed by atoms with E-state index in [1.807, 2.05) is 6.92 Å². The van der Waals surface area contributed by atoms with Crippen molar-refractivity contribution < 1.29 is 9.90 Å². The number of aliphatic hydroxyl groups excluding tert-OH is 1. The molecule has 0 saturated carbocycles. The number of hydrogen-bond donors (Lipinski definition) is 3. The summed E-state index contributed by atoms with van der Waals surface area (Å²) in [7, 11) is 0. The predicted octanol–water partition coefficient (Wildman–Crippen LogP) is 0.712. The Morgan fingerprint density at radius 1 is 1.46 bits per heavy atom. The Labute approximate surface area is 79.7 Å². The molecule has 0 aliphatic heterocycles. The van der Waals surface area contributed by atoms with Crippen LogP contribution in [0.25, 0.3) is 0 Å². The number of hydrogen-bond acceptors (Lipinski definition) is 2. The SMILES string of the molecule is CCNC(=O)NC(CO)CC(C)C. The lowest BCUT2D eigenvalue weighted by molar-refractivity contribution is 0.207. The highest BCUT2D eigenvalue weighted by Crippen LogP contribution is 2.03. The standard InChI is InChI=1S/C9H20N2O2/c1-4-10-9(13)11-8(6-12)5-7(2)3/h7-8,12H,4-6H2,1-3H3,(H2,10,11,13). The van der Waals surface area contributed by atoms with Crippen LogP contribution >= 0.6 is 0 Å². The summed E-state index contributed by atoms with van der Waals surface area (Å²) < 4.78 is 0. The van der Waals surface area contributed by atoms with E-state index in [0.717, 1.165) is 6.42 Å². The van der Waals surface area contributed by atoms with Crippen molar-refractivity contribution in [1.82, 2.24) is 10.6 Å². The maximum absolute atomic E-state index is 11.1. The summed E-state index contributed by atoms with van der Waals surface area (Å²) in [5, 5.41) is 14.3. The largest absolute Gasteiger partial charge is 0.394 e. The van der Waals surface area contributed by atoms with Crippen molar-refractivity contribution in [2.24, 2.45) is 5.92 Å². The normalized spacial score (nSPS) is 12.7. The molecule has 0 heterocycles. The van der Waals surface area contributed by atoms with Gasteiger partial charge in [-0.05, 0) is 19.3 Å². The minimum absolute atomic E-state index is 0.00465. The van der Waals surface area contributed by atoms with Gasteiger partial charge in [-0.2, -0.15) is 0 Å². The molecule has 0 aliphatic carbocycles. The van der Waals surface area contributed by atoms with Gasteiger partial charge in [0.2, 0.25) is 0 Å². The molecule has 4 heteroatoms. The van der Waals surface area contributed by atoms with Gasteiger partial charge in [-0.15, -0.1) is 0 Å². The Hall–Kier alpha value is -0.770. The maximum atomic E-state index is 11.1. The summed E-state index contributed by atoms with van der Waals surface area (Å²) in [6.07, 6.45) is 0.799. The summed E-state index contributed by atoms with van der Waals surface area (Å²) in [6, 6.07) is -0.339. The molecular formula is C9H20N2O2. The zero-order chi connectivity index (χ0) is 10.3. The summed E-state index contributed by atoms with van der Waals surface area (Å²) in [5.41, 5.74) is 0. The fraction of sp³-hybridized carbons (Fsp3) is 0.889. The molecule has 78 valence electrons. The van der Waals surface area contributed by atoms with Gasteiger partial charge in [0, 0.05) is 6.54 Å². The Balaban J connectivity index is 3.76. The van der Waals surface area contributed by atoms with Crippen molar-refractivity contribution in [3.05, 3.63) is 0 Å². The van der Waals surface area contributed by atoms with Crippen LogP contribution in [0.4, 0.5) is 4.79 Å². The lowest BCUT2D eigenvalue weighted by atomic mass is 10.0. The van der Waals surface area contributed by atoms with E-state index < -0.39 is 0 Å². The molecule has 4 nitrogen and oxygen atoms in total. The minimum Gasteiger partial charge on any atom is -0.394 e. The van der Waals surface area contributed by atoms with Crippen molar-refractivity contribution >= 4 is 6.03 Å². The first-order valence-corrected chi connectivity index (χ1v) is 4.75. The van der Waals surface area contributed by atoms with Gasteiger partial charge in [0.25, 0.3) is 0 Å². The van der Waals surface area contributed by atoms with Gasteiger partial charge in [0.05, 0.1) is 12.6 Å². The van der Waals surface area contributed by atoms with E-state index in [-0.39, 0.29) is 18.7 Å². The molecule has 0 aromatic heterocycles. The minimum atomic E-state index is -0.206. The number of aliphatic hydroxyl groups is 1. The van der Waals surface area contributed by atoms with Gasteiger partial charge in [-0.3, -0.25) is 0 Å². The van der Waals surface area contributed by atoms with Gasteiger partial charge in [0.15, 0.2) is 0 Å². The first-order chi connectivity index (χ1) is 6.10. The van der Waals surface area contributed by atoms with Crippen LogP contribution in [0.2, 0.25) is 0 Å². The molecule has 0 saturated heterocycles. The van der Waals surface area contributed by atoms with E-state index in [4.69, 9.17) is 5.11 Å². The molecule has 0 aliphatic rings. The Bertz CT molecular complexity index is 149. The average molecular weight is 188 g/mol. The molecule has 1 atom stereocenters. The smallest absolute Gasteiger partial charge is 0.315 e. The van der Waals surface area contributed by atoms with E-state index in [2.05, 4.69) is 24.5 Å². The molecule has 0 rings (SSSR count). The zero-order valence-electron chi connectivity index (χ0n) is 8.63. The van der Waals surface area contributed by atoms with E-state index in [1.54, 1.807) is 0 Å². The third kappa shape index (κ3) is 6.40. The van der Waals surface area contributed by atoms with Crippen LogP contribution in [0, 0.1) is 5.92 Å². The van der Waals surface area contributed by atoms with Gasteiger partial charge in [-0.25, -0.2) is 4.79 Å². The fourth-order valence-corrected chi connectivity index (χ4v) is 1.15. The summed E-state index contributed by atoms with van der Waals surface area (Å²) >= 11 is 0. The molecule has 0 radical (unpaired) electrons. The first kappa shape index (κ1) is 12.2. The molecule has 3 N–H and O–H groups in total. The van der Waals surface area contributed by atoms with Crippen LogP contribution in [0.1, 0.15) is 27.2 Å². The third-order valence-electron chi connectivity index (χ3n) is 1.65. The maximum Gasteiger partial charge on any atom is 0.315 e. The molecule has 0 fully saturated rings. The van der Waals surface area contributed by atoms with Crippen LogP contribution < -0.4 is 10.6 Å². The molecule has 0 spiro atoms. The second-order valence-electron chi connectivity index (χ2n) is 3.51. The number of rotatable bonds is 5. The first-order valence-electron chi connectivity index (χ1n) is 4.75. The van der Waals surface area contributed by atoms with Crippen molar-refractivity contribution in [2.75, 3.05) is 13.2 Å². The van der Waals surface area contributed by atoms with Crippen molar-refractivity contribution in [2.45, 2.75) is 33.2 Å². The molecule has 2 amide bonds. The summed E-state index contributed by atoms with van der Waals surface area (Å²) in [5.74, 6) is 0.471. The number of amides is 2. The van der Waals surface area contributed by atoms with E-state index in [0.29, 0.717) is 12.5 Å². The van der Waals surface area contributed by atoms with Crippen molar-refractivity contribution in [1.29, 1.82) is 0 Å².